The van der Waals surface area contributed by atoms with Crippen molar-refractivity contribution in [3.8, 4) is 0 Å². The second-order valence-corrected chi connectivity index (χ2v) is 5.35. The largest absolute Gasteiger partial charge is 0.381 e. The number of rotatable bonds is 4. The van der Waals surface area contributed by atoms with Gasteiger partial charge in [-0.15, -0.1) is 0 Å². The third kappa shape index (κ3) is 2.90. The topological polar surface area (TPSA) is 21.3 Å². The molecule has 0 aromatic heterocycles. The van der Waals surface area contributed by atoms with E-state index < -0.39 is 0 Å². The lowest BCUT2D eigenvalue weighted by Crippen LogP contribution is -2.44. The van der Waals surface area contributed by atoms with Gasteiger partial charge < -0.3 is 10.1 Å². The van der Waals surface area contributed by atoms with Crippen molar-refractivity contribution in [3.05, 3.63) is 35.6 Å². The smallest absolute Gasteiger partial charge is 0.123 e. The zero-order chi connectivity index (χ0) is 13.0. The molecular formula is C15H22FNO. The molecule has 2 atom stereocenters. The predicted octanol–water partition coefficient (Wildman–Crippen LogP) is 2.95. The van der Waals surface area contributed by atoms with Crippen molar-refractivity contribution >= 4 is 0 Å². The molecule has 18 heavy (non-hydrogen) atoms. The third-order valence-corrected chi connectivity index (χ3v) is 3.97. The molecule has 0 amide bonds. The van der Waals surface area contributed by atoms with Crippen LogP contribution in [0.4, 0.5) is 4.39 Å². The molecule has 100 valence electrons. The monoisotopic (exact) mass is 251 g/mol. The Morgan fingerprint density at radius 3 is 2.78 bits per heavy atom. The van der Waals surface area contributed by atoms with Crippen molar-refractivity contribution in [3.63, 3.8) is 0 Å². The zero-order valence-electron chi connectivity index (χ0n) is 11.2. The van der Waals surface area contributed by atoms with Crippen LogP contribution in [0.15, 0.2) is 24.3 Å². The minimum Gasteiger partial charge on any atom is -0.381 e. The molecule has 1 aliphatic rings. The Balaban J connectivity index is 2.19. The number of ether oxygens (including phenoxy) is 1. The van der Waals surface area contributed by atoms with Crippen LogP contribution in [0.2, 0.25) is 0 Å². The van der Waals surface area contributed by atoms with Gasteiger partial charge in [0.05, 0.1) is 6.61 Å². The van der Waals surface area contributed by atoms with Crippen LogP contribution >= 0.6 is 0 Å². The average molecular weight is 251 g/mol. The van der Waals surface area contributed by atoms with Crippen LogP contribution in [0, 0.1) is 11.2 Å². The lowest BCUT2D eigenvalue weighted by atomic mass is 9.70. The second-order valence-electron chi connectivity index (χ2n) is 5.35. The normalized spacial score (nSPS) is 28.3. The molecule has 1 aromatic carbocycles. The summed E-state index contributed by atoms with van der Waals surface area (Å²) in [7, 11) is 0. The molecule has 0 bridgehead atoms. The number of piperidine rings is 1. The molecule has 2 nitrogen and oxygen atoms in total. The first kappa shape index (κ1) is 13.5. The number of hydrogen-bond donors (Lipinski definition) is 1. The van der Waals surface area contributed by atoms with Crippen LogP contribution < -0.4 is 5.32 Å². The summed E-state index contributed by atoms with van der Waals surface area (Å²) in [6.07, 6.45) is 1.09. The van der Waals surface area contributed by atoms with Gasteiger partial charge >= 0.3 is 0 Å². The van der Waals surface area contributed by atoms with Gasteiger partial charge in [-0.3, -0.25) is 0 Å². The Labute approximate surface area is 109 Å². The highest BCUT2D eigenvalue weighted by Crippen LogP contribution is 2.40. The van der Waals surface area contributed by atoms with Gasteiger partial charge in [0.25, 0.3) is 0 Å². The number of nitrogens with one attached hydrogen (secondary N) is 1. The van der Waals surface area contributed by atoms with E-state index in [-0.39, 0.29) is 11.2 Å². The molecule has 1 heterocycles. The van der Waals surface area contributed by atoms with Gasteiger partial charge in [0.15, 0.2) is 0 Å². The van der Waals surface area contributed by atoms with E-state index in [1.54, 1.807) is 12.1 Å². The first-order chi connectivity index (χ1) is 8.65. The van der Waals surface area contributed by atoms with Crippen LogP contribution in [0.1, 0.15) is 31.7 Å². The summed E-state index contributed by atoms with van der Waals surface area (Å²) in [5.74, 6) is 0.215. The Bertz CT molecular complexity index is 379. The first-order valence-corrected chi connectivity index (χ1v) is 6.69. The van der Waals surface area contributed by atoms with E-state index in [0.717, 1.165) is 32.7 Å². The Hall–Kier alpha value is -0.930. The van der Waals surface area contributed by atoms with Crippen molar-refractivity contribution in [2.24, 2.45) is 5.41 Å². The molecule has 1 aliphatic heterocycles. The number of benzene rings is 1. The SMILES string of the molecule is CCOCC1(C)CCNCC1c1ccc(F)cc1. The number of halogens is 1. The van der Waals surface area contributed by atoms with Crippen molar-refractivity contribution in [2.45, 2.75) is 26.2 Å². The molecule has 0 radical (unpaired) electrons. The Kier molecular flexibility index (Phi) is 4.36. The molecule has 2 rings (SSSR count). The van der Waals surface area contributed by atoms with E-state index in [2.05, 4.69) is 12.2 Å². The molecule has 0 aliphatic carbocycles. The van der Waals surface area contributed by atoms with Crippen LogP contribution in [0.3, 0.4) is 0 Å². The maximum absolute atomic E-state index is 13.0. The van der Waals surface area contributed by atoms with Gasteiger partial charge in [0.2, 0.25) is 0 Å². The van der Waals surface area contributed by atoms with Crippen molar-refractivity contribution in [1.29, 1.82) is 0 Å². The summed E-state index contributed by atoms with van der Waals surface area (Å²) < 4.78 is 18.7. The van der Waals surface area contributed by atoms with E-state index in [1.165, 1.54) is 5.56 Å². The summed E-state index contributed by atoms with van der Waals surface area (Å²) in [6, 6.07) is 6.89. The van der Waals surface area contributed by atoms with E-state index in [9.17, 15) is 4.39 Å². The fourth-order valence-electron chi connectivity index (χ4n) is 2.76. The van der Waals surface area contributed by atoms with Crippen LogP contribution in [-0.4, -0.2) is 26.3 Å². The third-order valence-electron chi connectivity index (χ3n) is 3.97. The fraction of sp³-hybridized carbons (Fsp3) is 0.600. The minimum atomic E-state index is -0.172. The van der Waals surface area contributed by atoms with E-state index in [0.29, 0.717) is 5.92 Å². The molecule has 1 N–H and O–H groups in total. The highest BCUT2D eigenvalue weighted by atomic mass is 19.1. The molecule has 1 aromatic rings. The Morgan fingerprint density at radius 1 is 1.39 bits per heavy atom. The predicted molar refractivity (Wildman–Crippen MR) is 71.2 cm³/mol. The summed E-state index contributed by atoms with van der Waals surface area (Å²) in [6.45, 7) is 7.79. The van der Waals surface area contributed by atoms with Crippen molar-refractivity contribution in [2.75, 3.05) is 26.3 Å². The van der Waals surface area contributed by atoms with Crippen LogP contribution in [0.25, 0.3) is 0 Å². The molecule has 0 spiro atoms. The second kappa shape index (κ2) is 5.81. The minimum absolute atomic E-state index is 0.138. The molecule has 1 fully saturated rings. The quantitative estimate of drug-likeness (QED) is 0.888. The fourth-order valence-corrected chi connectivity index (χ4v) is 2.76. The molecule has 3 heteroatoms. The standard InChI is InChI=1S/C15H22FNO/c1-3-18-11-15(2)8-9-17-10-14(15)12-4-6-13(16)7-5-12/h4-7,14,17H,3,8-11H2,1-2H3. The van der Waals surface area contributed by atoms with Crippen molar-refractivity contribution in [1.82, 2.24) is 5.32 Å². The van der Waals surface area contributed by atoms with Gasteiger partial charge in [-0.05, 0) is 37.6 Å². The summed E-state index contributed by atoms with van der Waals surface area (Å²) in [4.78, 5) is 0. The molecule has 0 saturated carbocycles. The summed E-state index contributed by atoms with van der Waals surface area (Å²) in [5.41, 5.74) is 1.34. The molecule has 1 saturated heterocycles. The van der Waals surface area contributed by atoms with E-state index in [4.69, 9.17) is 4.74 Å². The molecular weight excluding hydrogens is 229 g/mol. The highest BCUT2D eigenvalue weighted by Gasteiger charge is 2.37. The van der Waals surface area contributed by atoms with Crippen LogP contribution in [-0.2, 0) is 4.74 Å². The average Bonchev–Trinajstić information content (AvgIpc) is 2.38. The maximum Gasteiger partial charge on any atom is 0.123 e. The first-order valence-electron chi connectivity index (χ1n) is 6.69. The zero-order valence-corrected chi connectivity index (χ0v) is 11.2. The summed E-state index contributed by atoms with van der Waals surface area (Å²) >= 11 is 0. The Morgan fingerprint density at radius 2 is 2.11 bits per heavy atom. The van der Waals surface area contributed by atoms with Crippen molar-refractivity contribution < 1.29 is 9.13 Å². The van der Waals surface area contributed by atoms with Gasteiger partial charge in [-0.2, -0.15) is 0 Å². The summed E-state index contributed by atoms with van der Waals surface area (Å²) in [5, 5.41) is 3.43. The number of hydrogen-bond acceptors (Lipinski definition) is 2. The maximum atomic E-state index is 13.0. The van der Waals surface area contributed by atoms with Crippen LogP contribution in [0.5, 0.6) is 0 Å². The lowest BCUT2D eigenvalue weighted by molar-refractivity contribution is 0.0278. The van der Waals surface area contributed by atoms with E-state index >= 15 is 0 Å². The van der Waals surface area contributed by atoms with Gasteiger partial charge in [-0.25, -0.2) is 4.39 Å². The lowest BCUT2D eigenvalue weighted by Gasteiger charge is -2.42. The van der Waals surface area contributed by atoms with Gasteiger partial charge in [-0.1, -0.05) is 19.1 Å². The van der Waals surface area contributed by atoms with Gasteiger partial charge in [0, 0.05) is 24.5 Å². The van der Waals surface area contributed by atoms with E-state index in [1.807, 2.05) is 19.1 Å². The molecule has 2 unspecified atom stereocenters. The highest BCUT2D eigenvalue weighted by molar-refractivity contribution is 5.24. The van der Waals surface area contributed by atoms with Gasteiger partial charge in [0.1, 0.15) is 5.82 Å².